The minimum atomic E-state index is 0.668. The minimum absolute atomic E-state index is 0.668. The van der Waals surface area contributed by atoms with Gasteiger partial charge in [0.05, 0.1) is 11.4 Å². The lowest BCUT2D eigenvalue weighted by Gasteiger charge is -2.14. The molecule has 0 aliphatic rings. The first-order valence-electron chi connectivity index (χ1n) is 18.5. The van der Waals surface area contributed by atoms with E-state index in [0.29, 0.717) is 5.82 Å². The smallest absolute Gasteiger partial charge is 0.160 e. The third-order valence-corrected chi connectivity index (χ3v) is 12.8. The molecule has 0 spiro atoms. The Labute approximate surface area is 331 Å². The molecule has 0 saturated heterocycles. The molecule has 6 heteroatoms. The van der Waals surface area contributed by atoms with Crippen LogP contribution in [0.25, 0.3) is 108 Å². The maximum Gasteiger partial charge on any atom is 0.160 e. The van der Waals surface area contributed by atoms with Gasteiger partial charge in [0.25, 0.3) is 0 Å². The van der Waals surface area contributed by atoms with E-state index in [4.69, 9.17) is 9.97 Å². The molecule has 56 heavy (non-hydrogen) atoms. The zero-order chi connectivity index (χ0) is 37.0. The molecule has 0 saturated carbocycles. The van der Waals surface area contributed by atoms with E-state index >= 15 is 0 Å². The molecule has 0 unspecified atom stereocenters. The number of nitrogens with zero attached hydrogens (tertiary/aromatic N) is 4. The molecule has 4 heterocycles. The van der Waals surface area contributed by atoms with Crippen molar-refractivity contribution in [2.75, 3.05) is 0 Å². The normalized spacial score (nSPS) is 11.6. The monoisotopic (exact) mass is 750 g/mol. The second-order valence-electron chi connectivity index (χ2n) is 13.9. The number of fused-ring (bicyclic) bond motifs is 6. The highest BCUT2D eigenvalue weighted by molar-refractivity contribution is 7.26. The van der Waals surface area contributed by atoms with Crippen LogP contribution in [-0.4, -0.2) is 19.9 Å². The number of hydrogen-bond acceptors (Lipinski definition) is 6. The van der Waals surface area contributed by atoms with Crippen LogP contribution in [0.15, 0.2) is 183 Å². The summed E-state index contributed by atoms with van der Waals surface area (Å²) in [4.78, 5) is 18.9. The summed E-state index contributed by atoms with van der Waals surface area (Å²) >= 11 is 3.69. The molecule has 4 aromatic heterocycles. The number of aromatic nitrogens is 4. The molecule has 7 aromatic carbocycles. The van der Waals surface area contributed by atoms with Crippen molar-refractivity contribution in [2.24, 2.45) is 0 Å². The third kappa shape index (κ3) is 5.84. The van der Waals surface area contributed by atoms with Crippen LogP contribution in [0, 0.1) is 0 Å². The molecule has 11 aromatic rings. The lowest BCUT2D eigenvalue weighted by molar-refractivity contribution is 1.17. The fraction of sp³-hybridized carbons (Fsp3) is 0. The zero-order valence-corrected chi connectivity index (χ0v) is 31.6. The second kappa shape index (κ2) is 13.5. The molecule has 0 aliphatic carbocycles. The van der Waals surface area contributed by atoms with E-state index in [-0.39, 0.29) is 0 Å². The molecular formula is C50H30N4S2. The molecule has 262 valence electrons. The topological polar surface area (TPSA) is 51.6 Å². The molecule has 0 atom stereocenters. The first kappa shape index (κ1) is 32.6. The molecule has 0 fully saturated rings. The molecule has 0 N–H and O–H groups in total. The van der Waals surface area contributed by atoms with Crippen molar-refractivity contribution in [3.63, 3.8) is 0 Å². The molecule has 0 aliphatic heterocycles. The maximum atomic E-state index is 5.30. The number of thiophene rings is 2. The fourth-order valence-corrected chi connectivity index (χ4v) is 9.83. The van der Waals surface area contributed by atoms with Crippen molar-refractivity contribution in [3.05, 3.63) is 183 Å². The lowest BCUT2D eigenvalue weighted by atomic mass is 9.93. The second-order valence-corrected chi connectivity index (χ2v) is 16.1. The highest BCUT2D eigenvalue weighted by atomic mass is 32.1. The Bertz CT molecular complexity index is 3110. The third-order valence-electron chi connectivity index (χ3n) is 10.5. The lowest BCUT2D eigenvalue weighted by Crippen LogP contribution is -1.97. The van der Waals surface area contributed by atoms with E-state index in [1.165, 1.54) is 51.5 Å². The van der Waals surface area contributed by atoms with Crippen LogP contribution < -0.4 is 0 Å². The van der Waals surface area contributed by atoms with Crippen molar-refractivity contribution in [1.29, 1.82) is 0 Å². The predicted octanol–water partition coefficient (Wildman–Crippen LogP) is 14.0. The Morgan fingerprint density at radius 2 is 0.786 bits per heavy atom. The van der Waals surface area contributed by atoms with Gasteiger partial charge in [-0.2, -0.15) is 0 Å². The molecule has 4 nitrogen and oxygen atoms in total. The standard InChI is InChI=1S/C50H30N4S2/c1-2-8-32(9-3-1)44-27-45(54-50(53-44)33-16-14-31(15-17-33)39-28-51-30-52-29-39)38-23-36(34-18-20-48-42(25-34)40-10-4-6-12-46(40)55-48)22-37(24-38)35-19-21-49-43(26-35)41-11-5-7-13-47(41)56-49/h1-30H. The van der Waals surface area contributed by atoms with Crippen molar-refractivity contribution < 1.29 is 0 Å². The van der Waals surface area contributed by atoms with Crippen LogP contribution >= 0.6 is 22.7 Å². The molecule has 0 amide bonds. The van der Waals surface area contributed by atoms with Gasteiger partial charge in [0.15, 0.2) is 5.82 Å². The van der Waals surface area contributed by atoms with E-state index in [1.54, 1.807) is 6.33 Å². The van der Waals surface area contributed by atoms with Crippen molar-refractivity contribution >= 4 is 63.0 Å². The van der Waals surface area contributed by atoms with Gasteiger partial charge in [0, 0.05) is 75.0 Å². The predicted molar refractivity (Wildman–Crippen MR) is 236 cm³/mol. The van der Waals surface area contributed by atoms with Gasteiger partial charge in [-0.3, -0.25) is 0 Å². The summed E-state index contributed by atoms with van der Waals surface area (Å²) in [6, 6.07) is 58.9. The van der Waals surface area contributed by atoms with E-state index in [1.807, 2.05) is 41.1 Å². The van der Waals surface area contributed by atoms with Crippen molar-refractivity contribution in [3.8, 4) is 67.3 Å². The summed E-state index contributed by atoms with van der Waals surface area (Å²) in [6.07, 6.45) is 5.20. The Hall–Kier alpha value is -6.86. The van der Waals surface area contributed by atoms with Crippen LogP contribution in [0.1, 0.15) is 0 Å². The Kier molecular flexibility index (Phi) is 7.83. The van der Waals surface area contributed by atoms with E-state index < -0.39 is 0 Å². The van der Waals surface area contributed by atoms with Gasteiger partial charge < -0.3 is 0 Å². The summed E-state index contributed by atoms with van der Waals surface area (Å²) in [5.41, 5.74) is 11.4. The highest BCUT2D eigenvalue weighted by Gasteiger charge is 2.16. The first-order chi connectivity index (χ1) is 27.7. The van der Waals surface area contributed by atoms with Gasteiger partial charge in [0.2, 0.25) is 0 Å². The number of hydrogen-bond donors (Lipinski definition) is 0. The quantitative estimate of drug-likeness (QED) is 0.170. The molecule has 0 radical (unpaired) electrons. The fourth-order valence-electron chi connectivity index (χ4n) is 7.66. The zero-order valence-electron chi connectivity index (χ0n) is 29.9. The van der Waals surface area contributed by atoms with Gasteiger partial charge in [-0.05, 0) is 88.5 Å². The SMILES string of the molecule is c1ccc(-c2cc(-c3cc(-c4ccc5sc6ccccc6c5c4)cc(-c4ccc5sc6ccccc6c5c4)c3)nc(-c3ccc(-c4cncnc4)cc3)n2)cc1. The summed E-state index contributed by atoms with van der Waals surface area (Å²) < 4.78 is 5.19. The maximum absolute atomic E-state index is 5.30. The Morgan fingerprint density at radius 3 is 1.39 bits per heavy atom. The van der Waals surface area contributed by atoms with Crippen LogP contribution in [-0.2, 0) is 0 Å². The minimum Gasteiger partial charge on any atom is -0.244 e. The van der Waals surface area contributed by atoms with E-state index in [0.717, 1.165) is 50.3 Å². The summed E-state index contributed by atoms with van der Waals surface area (Å²) in [6.45, 7) is 0. The van der Waals surface area contributed by atoms with Gasteiger partial charge in [-0.15, -0.1) is 22.7 Å². The molecule has 11 rings (SSSR count). The Balaban J connectivity index is 1.11. The van der Waals surface area contributed by atoms with Gasteiger partial charge >= 0.3 is 0 Å². The summed E-state index contributed by atoms with van der Waals surface area (Å²) in [5, 5.41) is 5.14. The van der Waals surface area contributed by atoms with Crippen LogP contribution in [0.4, 0.5) is 0 Å². The van der Waals surface area contributed by atoms with Crippen LogP contribution in [0.5, 0.6) is 0 Å². The summed E-state index contributed by atoms with van der Waals surface area (Å²) in [7, 11) is 0. The highest BCUT2D eigenvalue weighted by Crippen LogP contribution is 2.41. The van der Waals surface area contributed by atoms with Gasteiger partial charge in [0.1, 0.15) is 6.33 Å². The van der Waals surface area contributed by atoms with Gasteiger partial charge in [-0.1, -0.05) is 103 Å². The van der Waals surface area contributed by atoms with E-state index in [2.05, 4.69) is 168 Å². The molecular weight excluding hydrogens is 721 g/mol. The Morgan fingerprint density at radius 1 is 0.304 bits per heavy atom. The van der Waals surface area contributed by atoms with E-state index in [9.17, 15) is 0 Å². The van der Waals surface area contributed by atoms with Crippen LogP contribution in [0.3, 0.4) is 0 Å². The van der Waals surface area contributed by atoms with Crippen molar-refractivity contribution in [1.82, 2.24) is 19.9 Å². The largest absolute Gasteiger partial charge is 0.244 e. The van der Waals surface area contributed by atoms with Gasteiger partial charge in [-0.25, -0.2) is 19.9 Å². The molecule has 0 bridgehead atoms. The van der Waals surface area contributed by atoms with Crippen LogP contribution in [0.2, 0.25) is 0 Å². The average molecular weight is 751 g/mol. The first-order valence-corrected chi connectivity index (χ1v) is 20.1. The number of benzene rings is 7. The van der Waals surface area contributed by atoms with Crippen molar-refractivity contribution in [2.45, 2.75) is 0 Å². The average Bonchev–Trinajstić information content (AvgIpc) is 3.84. The summed E-state index contributed by atoms with van der Waals surface area (Å²) in [5.74, 6) is 0.668. The number of rotatable bonds is 6.